The first-order chi connectivity index (χ1) is 8.81. The molecule has 0 saturated carbocycles. The number of amides is 1. The van der Waals surface area contributed by atoms with E-state index in [0.717, 1.165) is 26.1 Å². The average molecular weight is 288 g/mol. The van der Waals surface area contributed by atoms with Crippen molar-refractivity contribution in [2.24, 2.45) is 0 Å². The lowest BCUT2D eigenvalue weighted by atomic mass is 10.2. The van der Waals surface area contributed by atoms with E-state index < -0.39 is 5.60 Å². The van der Waals surface area contributed by atoms with Gasteiger partial charge in [-0.25, -0.2) is 4.79 Å². The molecule has 0 bridgehead atoms. The van der Waals surface area contributed by atoms with Crippen molar-refractivity contribution in [3.63, 3.8) is 0 Å². The number of nitrogens with zero attached hydrogens (tertiary/aromatic N) is 1. The second-order valence-corrected chi connectivity index (χ2v) is 7.48. The Balaban J connectivity index is 2.24. The number of nitrogens with one attached hydrogen (secondary N) is 1. The summed E-state index contributed by atoms with van der Waals surface area (Å²) in [5.74, 6) is 0. The van der Waals surface area contributed by atoms with Gasteiger partial charge in [0.25, 0.3) is 0 Å². The monoisotopic (exact) mass is 288 g/mol. The van der Waals surface area contributed by atoms with Crippen LogP contribution >= 0.6 is 11.8 Å². The third-order valence-electron chi connectivity index (χ3n) is 3.23. The maximum Gasteiger partial charge on any atom is 0.410 e. The molecule has 1 rings (SSSR count). The summed E-state index contributed by atoms with van der Waals surface area (Å²) < 4.78 is 5.39. The van der Waals surface area contributed by atoms with Gasteiger partial charge in [0, 0.05) is 24.4 Å². The molecule has 1 heterocycles. The molecule has 1 saturated heterocycles. The molecular formula is C14H28N2O2S. The van der Waals surface area contributed by atoms with Gasteiger partial charge in [-0.05, 0) is 46.4 Å². The fourth-order valence-electron chi connectivity index (χ4n) is 2.03. The first-order valence-corrected chi connectivity index (χ1v) is 8.34. The van der Waals surface area contributed by atoms with Gasteiger partial charge in [-0.1, -0.05) is 6.92 Å². The number of ether oxygens (including phenoxy) is 1. The van der Waals surface area contributed by atoms with Crippen LogP contribution in [0.2, 0.25) is 0 Å². The molecule has 0 spiro atoms. The summed E-state index contributed by atoms with van der Waals surface area (Å²) in [4.78, 5) is 13.7. The van der Waals surface area contributed by atoms with Crippen LogP contribution in [-0.2, 0) is 4.74 Å². The molecule has 1 fully saturated rings. The molecule has 0 aromatic carbocycles. The highest BCUT2D eigenvalue weighted by atomic mass is 32.2. The fourth-order valence-corrected chi connectivity index (χ4v) is 2.38. The van der Waals surface area contributed by atoms with Crippen molar-refractivity contribution in [2.45, 2.75) is 57.4 Å². The Labute approximate surface area is 121 Å². The van der Waals surface area contributed by atoms with Gasteiger partial charge in [-0.15, -0.1) is 0 Å². The number of hydrogen-bond donors (Lipinski definition) is 1. The van der Waals surface area contributed by atoms with Gasteiger partial charge in [0.15, 0.2) is 0 Å². The maximum absolute atomic E-state index is 11.9. The van der Waals surface area contributed by atoms with Crippen LogP contribution < -0.4 is 5.32 Å². The molecule has 1 amide bonds. The highest BCUT2D eigenvalue weighted by Gasteiger charge is 2.29. The highest BCUT2D eigenvalue weighted by molar-refractivity contribution is 7.99. The molecule has 0 aromatic heterocycles. The zero-order chi connectivity index (χ0) is 14.5. The molecule has 0 aliphatic carbocycles. The van der Waals surface area contributed by atoms with Gasteiger partial charge in [0.05, 0.1) is 0 Å². The standard InChI is InChI=1S/C14H28N2O2S/c1-11(19-5)6-8-15-12-7-9-16(10-12)13(17)18-14(2,3)4/h11-12,15H,6-10H2,1-5H3. The Hall–Kier alpha value is -0.420. The first-order valence-electron chi connectivity index (χ1n) is 7.06. The van der Waals surface area contributed by atoms with Gasteiger partial charge in [-0.2, -0.15) is 11.8 Å². The van der Waals surface area contributed by atoms with Crippen LogP contribution in [0.3, 0.4) is 0 Å². The molecule has 19 heavy (non-hydrogen) atoms. The minimum Gasteiger partial charge on any atom is -0.444 e. The van der Waals surface area contributed by atoms with Gasteiger partial charge < -0.3 is 15.0 Å². The van der Waals surface area contributed by atoms with E-state index in [1.54, 1.807) is 4.90 Å². The van der Waals surface area contributed by atoms with Gasteiger partial charge in [0.2, 0.25) is 0 Å². The minimum atomic E-state index is -0.406. The molecule has 0 radical (unpaired) electrons. The van der Waals surface area contributed by atoms with E-state index in [2.05, 4.69) is 18.5 Å². The van der Waals surface area contributed by atoms with Crippen molar-refractivity contribution in [2.75, 3.05) is 25.9 Å². The van der Waals surface area contributed by atoms with Crippen LogP contribution in [0.4, 0.5) is 4.79 Å². The van der Waals surface area contributed by atoms with Crippen molar-refractivity contribution in [3.05, 3.63) is 0 Å². The van der Waals surface area contributed by atoms with Crippen LogP contribution in [0.1, 0.15) is 40.5 Å². The SMILES string of the molecule is CSC(C)CCNC1CCN(C(=O)OC(C)(C)C)C1. The number of rotatable bonds is 5. The molecule has 5 heteroatoms. The average Bonchev–Trinajstić information content (AvgIpc) is 2.75. The number of likely N-dealkylation sites (tertiary alicyclic amines) is 1. The third kappa shape index (κ3) is 6.52. The van der Waals surface area contributed by atoms with Crippen molar-refractivity contribution < 1.29 is 9.53 Å². The summed E-state index contributed by atoms with van der Waals surface area (Å²) in [6.45, 7) is 10.5. The lowest BCUT2D eigenvalue weighted by Gasteiger charge is -2.24. The molecule has 1 aliphatic heterocycles. The predicted octanol–water partition coefficient (Wildman–Crippen LogP) is 2.73. The number of carbonyl (C=O) groups excluding carboxylic acids is 1. The van der Waals surface area contributed by atoms with Crippen LogP contribution in [0.5, 0.6) is 0 Å². The largest absolute Gasteiger partial charge is 0.444 e. The van der Waals surface area contributed by atoms with Gasteiger partial charge in [0.1, 0.15) is 5.60 Å². The van der Waals surface area contributed by atoms with E-state index in [1.165, 1.54) is 6.42 Å². The van der Waals surface area contributed by atoms with E-state index in [9.17, 15) is 4.79 Å². The van der Waals surface area contributed by atoms with E-state index in [4.69, 9.17) is 4.74 Å². The van der Waals surface area contributed by atoms with Crippen molar-refractivity contribution in [1.82, 2.24) is 10.2 Å². The second-order valence-electron chi connectivity index (χ2n) is 6.20. The summed E-state index contributed by atoms with van der Waals surface area (Å²) in [7, 11) is 0. The van der Waals surface area contributed by atoms with Gasteiger partial charge >= 0.3 is 6.09 Å². The molecule has 112 valence electrons. The highest BCUT2D eigenvalue weighted by Crippen LogP contribution is 2.15. The molecular weight excluding hydrogens is 260 g/mol. The van der Waals surface area contributed by atoms with Crippen LogP contribution in [0.25, 0.3) is 0 Å². The summed E-state index contributed by atoms with van der Waals surface area (Å²) in [5.41, 5.74) is -0.406. The smallest absolute Gasteiger partial charge is 0.410 e. The first kappa shape index (κ1) is 16.6. The predicted molar refractivity (Wildman–Crippen MR) is 81.8 cm³/mol. The van der Waals surface area contributed by atoms with Crippen LogP contribution in [-0.4, -0.2) is 53.8 Å². The Kier molecular flexibility index (Phi) is 6.47. The molecule has 1 N–H and O–H groups in total. The third-order valence-corrected chi connectivity index (χ3v) is 4.27. The summed E-state index contributed by atoms with van der Waals surface area (Å²) >= 11 is 1.89. The van der Waals surface area contributed by atoms with E-state index >= 15 is 0 Å². The van der Waals surface area contributed by atoms with E-state index in [-0.39, 0.29) is 6.09 Å². The zero-order valence-corrected chi connectivity index (χ0v) is 13.7. The van der Waals surface area contributed by atoms with Crippen LogP contribution in [0, 0.1) is 0 Å². The number of carbonyl (C=O) groups is 1. The van der Waals surface area contributed by atoms with Crippen molar-refractivity contribution in [3.8, 4) is 0 Å². The quantitative estimate of drug-likeness (QED) is 0.844. The van der Waals surface area contributed by atoms with Gasteiger partial charge in [-0.3, -0.25) is 0 Å². The fraction of sp³-hybridized carbons (Fsp3) is 0.929. The van der Waals surface area contributed by atoms with Crippen molar-refractivity contribution in [1.29, 1.82) is 0 Å². The lowest BCUT2D eigenvalue weighted by molar-refractivity contribution is 0.0291. The summed E-state index contributed by atoms with van der Waals surface area (Å²) in [6, 6.07) is 0.418. The van der Waals surface area contributed by atoms with E-state index in [0.29, 0.717) is 11.3 Å². The number of thioether (sulfide) groups is 1. The topological polar surface area (TPSA) is 41.6 Å². The lowest BCUT2D eigenvalue weighted by Crippen LogP contribution is -2.38. The van der Waals surface area contributed by atoms with Crippen LogP contribution in [0.15, 0.2) is 0 Å². The van der Waals surface area contributed by atoms with Crippen molar-refractivity contribution >= 4 is 17.9 Å². The summed E-state index contributed by atoms with van der Waals surface area (Å²) in [5, 5.41) is 4.22. The molecule has 0 aromatic rings. The maximum atomic E-state index is 11.9. The summed E-state index contributed by atoms with van der Waals surface area (Å²) in [6.07, 6.45) is 4.15. The normalized spacial score (nSPS) is 21.5. The molecule has 2 atom stereocenters. The Bertz CT molecular complexity index is 292. The zero-order valence-electron chi connectivity index (χ0n) is 12.9. The van der Waals surface area contributed by atoms with E-state index in [1.807, 2.05) is 32.5 Å². The molecule has 2 unspecified atom stereocenters. The minimum absolute atomic E-state index is 0.186. The Morgan fingerprint density at radius 2 is 2.21 bits per heavy atom. The number of hydrogen-bond acceptors (Lipinski definition) is 4. The second kappa shape index (κ2) is 7.39. The molecule has 4 nitrogen and oxygen atoms in total. The molecule has 1 aliphatic rings. The Morgan fingerprint density at radius 3 is 2.79 bits per heavy atom. The Morgan fingerprint density at radius 1 is 1.53 bits per heavy atom.